The standard InChI is InChI=1S/C22H18N2O3/c1-26-20-10-7-14(13-21(20)27-2)19(25)9-8-18-22-16(11-12-23-18)15-5-3-4-6-17(15)24-22/h3-13,24H,1-2H3/b9-8+. The van der Waals surface area contributed by atoms with E-state index in [2.05, 4.69) is 16.0 Å². The summed E-state index contributed by atoms with van der Waals surface area (Å²) in [6.07, 6.45) is 5.01. The van der Waals surface area contributed by atoms with E-state index in [9.17, 15) is 4.79 Å². The average Bonchev–Trinajstić information content (AvgIpc) is 3.10. The zero-order valence-corrected chi connectivity index (χ0v) is 15.0. The molecule has 4 rings (SSSR count). The number of hydrogen-bond acceptors (Lipinski definition) is 4. The molecule has 2 heterocycles. The Hall–Kier alpha value is -3.60. The highest BCUT2D eigenvalue weighted by Crippen LogP contribution is 2.29. The summed E-state index contributed by atoms with van der Waals surface area (Å²) in [6, 6.07) is 15.2. The van der Waals surface area contributed by atoms with E-state index in [-0.39, 0.29) is 5.78 Å². The lowest BCUT2D eigenvalue weighted by Crippen LogP contribution is -1.97. The minimum atomic E-state index is -0.133. The lowest BCUT2D eigenvalue weighted by Gasteiger charge is -2.08. The number of para-hydroxylation sites is 1. The van der Waals surface area contributed by atoms with Crippen LogP contribution in [0.15, 0.2) is 60.8 Å². The van der Waals surface area contributed by atoms with Crippen molar-refractivity contribution in [2.75, 3.05) is 14.2 Å². The molecule has 0 aliphatic rings. The van der Waals surface area contributed by atoms with Crippen LogP contribution in [0.3, 0.4) is 0 Å². The summed E-state index contributed by atoms with van der Waals surface area (Å²) >= 11 is 0. The normalized spacial score (nSPS) is 11.3. The molecule has 4 aromatic rings. The first kappa shape index (κ1) is 16.8. The first-order valence-corrected chi connectivity index (χ1v) is 8.51. The molecule has 5 heteroatoms. The van der Waals surface area contributed by atoms with E-state index < -0.39 is 0 Å². The number of nitrogens with one attached hydrogen (secondary N) is 1. The number of H-pyrrole nitrogens is 1. The van der Waals surface area contributed by atoms with Crippen molar-refractivity contribution in [2.45, 2.75) is 0 Å². The second-order valence-electron chi connectivity index (χ2n) is 6.06. The number of allylic oxidation sites excluding steroid dienone is 1. The number of pyridine rings is 1. The third-order valence-corrected chi connectivity index (χ3v) is 4.52. The number of ether oxygens (including phenoxy) is 2. The molecule has 0 aliphatic heterocycles. The summed E-state index contributed by atoms with van der Waals surface area (Å²) in [5, 5.41) is 2.22. The van der Waals surface area contributed by atoms with Crippen LogP contribution in [0.25, 0.3) is 27.9 Å². The Bertz CT molecular complexity index is 1170. The number of aromatic nitrogens is 2. The zero-order valence-electron chi connectivity index (χ0n) is 15.0. The van der Waals surface area contributed by atoms with Crippen LogP contribution in [-0.4, -0.2) is 30.0 Å². The van der Waals surface area contributed by atoms with Crippen LogP contribution in [0.4, 0.5) is 0 Å². The number of rotatable bonds is 5. The number of ketones is 1. The van der Waals surface area contributed by atoms with Gasteiger partial charge in [-0.3, -0.25) is 9.78 Å². The summed E-state index contributed by atoms with van der Waals surface area (Å²) in [5.41, 5.74) is 3.20. The molecule has 0 unspecified atom stereocenters. The molecule has 2 aromatic carbocycles. The van der Waals surface area contributed by atoms with Crippen LogP contribution >= 0.6 is 0 Å². The topological polar surface area (TPSA) is 64.2 Å². The Morgan fingerprint density at radius 2 is 1.81 bits per heavy atom. The third-order valence-electron chi connectivity index (χ3n) is 4.52. The fourth-order valence-corrected chi connectivity index (χ4v) is 3.16. The van der Waals surface area contributed by atoms with Gasteiger partial charge in [-0.15, -0.1) is 0 Å². The molecule has 1 N–H and O–H groups in total. The molecule has 0 spiro atoms. The van der Waals surface area contributed by atoms with Gasteiger partial charge in [-0.05, 0) is 42.5 Å². The van der Waals surface area contributed by atoms with E-state index in [1.807, 2.05) is 24.3 Å². The molecule has 0 fully saturated rings. The van der Waals surface area contributed by atoms with E-state index in [0.29, 0.717) is 17.1 Å². The molecule has 0 aliphatic carbocycles. The Kier molecular flexibility index (Phi) is 4.34. The first-order chi connectivity index (χ1) is 13.2. The molecule has 5 nitrogen and oxygen atoms in total. The van der Waals surface area contributed by atoms with Crippen LogP contribution in [0, 0.1) is 0 Å². The second-order valence-corrected chi connectivity index (χ2v) is 6.06. The van der Waals surface area contributed by atoms with E-state index in [0.717, 1.165) is 27.5 Å². The smallest absolute Gasteiger partial charge is 0.186 e. The second kappa shape index (κ2) is 6.96. The number of hydrogen-bond donors (Lipinski definition) is 1. The molecule has 2 aromatic heterocycles. The van der Waals surface area contributed by atoms with Crippen molar-refractivity contribution >= 4 is 33.7 Å². The highest BCUT2D eigenvalue weighted by atomic mass is 16.5. The predicted molar refractivity (Wildman–Crippen MR) is 107 cm³/mol. The fourth-order valence-electron chi connectivity index (χ4n) is 3.16. The van der Waals surface area contributed by atoms with Gasteiger partial charge in [0, 0.05) is 28.0 Å². The molecule has 0 saturated heterocycles. The van der Waals surface area contributed by atoms with Crippen LogP contribution in [0.2, 0.25) is 0 Å². The molecule has 134 valence electrons. The summed E-state index contributed by atoms with van der Waals surface area (Å²) < 4.78 is 10.5. The molecular weight excluding hydrogens is 340 g/mol. The van der Waals surface area contributed by atoms with Crippen molar-refractivity contribution in [1.82, 2.24) is 9.97 Å². The van der Waals surface area contributed by atoms with Gasteiger partial charge in [-0.2, -0.15) is 0 Å². The molecule has 0 amide bonds. The molecule has 0 radical (unpaired) electrons. The SMILES string of the molecule is COc1ccc(C(=O)/C=C/c2nccc3c2[nH]c2ccccc23)cc1OC. The number of aromatic amines is 1. The van der Waals surface area contributed by atoms with Gasteiger partial charge < -0.3 is 14.5 Å². The van der Waals surface area contributed by atoms with E-state index in [4.69, 9.17) is 9.47 Å². The molecular formula is C22H18N2O3. The number of nitrogens with zero attached hydrogens (tertiary/aromatic N) is 1. The molecule has 0 saturated carbocycles. The van der Waals surface area contributed by atoms with Crippen LogP contribution in [-0.2, 0) is 0 Å². The quantitative estimate of drug-likeness (QED) is 0.417. The van der Waals surface area contributed by atoms with Crippen LogP contribution in [0.1, 0.15) is 16.1 Å². The lowest BCUT2D eigenvalue weighted by atomic mass is 10.1. The molecule has 27 heavy (non-hydrogen) atoms. The number of carbonyl (C=O) groups excluding carboxylic acids is 1. The summed E-state index contributed by atoms with van der Waals surface area (Å²) in [7, 11) is 3.11. The van der Waals surface area contributed by atoms with E-state index >= 15 is 0 Å². The lowest BCUT2D eigenvalue weighted by molar-refractivity contribution is 0.104. The Balaban J connectivity index is 1.69. The summed E-state index contributed by atoms with van der Waals surface area (Å²) in [6.45, 7) is 0. The van der Waals surface area contributed by atoms with E-state index in [1.54, 1.807) is 44.7 Å². The van der Waals surface area contributed by atoms with Gasteiger partial charge in [0.05, 0.1) is 25.4 Å². The van der Waals surface area contributed by atoms with Crippen molar-refractivity contribution < 1.29 is 14.3 Å². The van der Waals surface area contributed by atoms with Gasteiger partial charge in [0.1, 0.15) is 0 Å². The van der Waals surface area contributed by atoms with Gasteiger partial charge in [0.25, 0.3) is 0 Å². The Morgan fingerprint density at radius 3 is 2.63 bits per heavy atom. The minimum absolute atomic E-state index is 0.133. The number of carbonyl (C=O) groups is 1. The number of methoxy groups -OCH3 is 2. The highest BCUT2D eigenvalue weighted by Gasteiger charge is 2.10. The van der Waals surface area contributed by atoms with Gasteiger partial charge in [-0.1, -0.05) is 18.2 Å². The maximum atomic E-state index is 12.6. The van der Waals surface area contributed by atoms with Crippen molar-refractivity contribution in [1.29, 1.82) is 0 Å². The minimum Gasteiger partial charge on any atom is -0.493 e. The maximum Gasteiger partial charge on any atom is 0.186 e. The van der Waals surface area contributed by atoms with Crippen LogP contribution in [0.5, 0.6) is 11.5 Å². The van der Waals surface area contributed by atoms with Gasteiger partial charge in [0.15, 0.2) is 17.3 Å². The number of benzene rings is 2. The fraction of sp³-hybridized carbons (Fsp3) is 0.0909. The summed E-state index contributed by atoms with van der Waals surface area (Å²) in [4.78, 5) is 20.4. The monoisotopic (exact) mass is 358 g/mol. The number of fused-ring (bicyclic) bond motifs is 3. The van der Waals surface area contributed by atoms with Crippen molar-refractivity contribution in [3.63, 3.8) is 0 Å². The molecule has 0 atom stereocenters. The van der Waals surface area contributed by atoms with Crippen molar-refractivity contribution in [3.05, 3.63) is 72.1 Å². The Morgan fingerprint density at radius 1 is 1.00 bits per heavy atom. The maximum absolute atomic E-state index is 12.6. The predicted octanol–water partition coefficient (Wildman–Crippen LogP) is 4.63. The largest absolute Gasteiger partial charge is 0.493 e. The van der Waals surface area contributed by atoms with Crippen molar-refractivity contribution in [2.24, 2.45) is 0 Å². The molecule has 0 bridgehead atoms. The first-order valence-electron chi connectivity index (χ1n) is 8.51. The zero-order chi connectivity index (χ0) is 18.8. The van der Waals surface area contributed by atoms with Gasteiger partial charge >= 0.3 is 0 Å². The highest BCUT2D eigenvalue weighted by molar-refractivity contribution is 6.11. The van der Waals surface area contributed by atoms with Crippen LogP contribution < -0.4 is 9.47 Å². The van der Waals surface area contributed by atoms with Gasteiger partial charge in [0.2, 0.25) is 0 Å². The third kappa shape index (κ3) is 3.04. The Labute approximate surface area is 156 Å². The van der Waals surface area contributed by atoms with Crippen molar-refractivity contribution in [3.8, 4) is 11.5 Å². The van der Waals surface area contributed by atoms with E-state index in [1.165, 1.54) is 6.08 Å². The average molecular weight is 358 g/mol. The summed E-state index contributed by atoms with van der Waals surface area (Å²) in [5.74, 6) is 0.973. The van der Waals surface area contributed by atoms with Gasteiger partial charge in [-0.25, -0.2) is 0 Å².